The second-order valence-corrected chi connectivity index (χ2v) is 5.67. The van der Waals surface area contributed by atoms with Gasteiger partial charge in [-0.1, -0.05) is 12.1 Å². The highest BCUT2D eigenvalue weighted by Crippen LogP contribution is 2.10. The summed E-state index contributed by atoms with van der Waals surface area (Å²) in [6, 6.07) is 14.5. The molecule has 26 heavy (non-hydrogen) atoms. The SMILES string of the molecule is N#Cc1ccc(C(=O)N[C@H](Cc2cnc3ccccc3n2)C(N)=O)cc1. The van der Waals surface area contributed by atoms with Gasteiger partial charge in [0.15, 0.2) is 0 Å². The van der Waals surface area contributed by atoms with E-state index >= 15 is 0 Å². The number of aromatic nitrogens is 2. The number of carbonyl (C=O) groups excluding carboxylic acids is 2. The molecule has 1 heterocycles. The molecule has 1 atom stereocenters. The number of amides is 2. The molecule has 0 unspecified atom stereocenters. The van der Waals surface area contributed by atoms with Crippen molar-refractivity contribution >= 4 is 22.8 Å². The Morgan fingerprint density at radius 1 is 1.12 bits per heavy atom. The molecular formula is C19H15N5O2. The number of primary amides is 1. The van der Waals surface area contributed by atoms with E-state index in [1.807, 2.05) is 30.3 Å². The van der Waals surface area contributed by atoms with E-state index in [1.165, 1.54) is 24.3 Å². The molecule has 1 aromatic heterocycles. The number of rotatable bonds is 5. The highest BCUT2D eigenvalue weighted by Gasteiger charge is 2.20. The first-order valence-electron chi connectivity index (χ1n) is 7.88. The zero-order valence-electron chi connectivity index (χ0n) is 13.7. The van der Waals surface area contributed by atoms with E-state index in [0.29, 0.717) is 22.3 Å². The van der Waals surface area contributed by atoms with Gasteiger partial charge in [-0.25, -0.2) is 4.98 Å². The molecule has 128 valence electrons. The van der Waals surface area contributed by atoms with Crippen LogP contribution in [-0.4, -0.2) is 27.8 Å². The Morgan fingerprint density at radius 3 is 2.46 bits per heavy atom. The predicted molar refractivity (Wildman–Crippen MR) is 94.8 cm³/mol. The van der Waals surface area contributed by atoms with Gasteiger partial charge in [0, 0.05) is 18.2 Å². The number of fused-ring (bicyclic) bond motifs is 1. The largest absolute Gasteiger partial charge is 0.368 e. The molecule has 7 nitrogen and oxygen atoms in total. The molecule has 0 saturated carbocycles. The summed E-state index contributed by atoms with van der Waals surface area (Å²) in [6.07, 6.45) is 1.70. The van der Waals surface area contributed by atoms with Crippen LogP contribution < -0.4 is 11.1 Å². The second-order valence-electron chi connectivity index (χ2n) is 5.67. The second kappa shape index (κ2) is 7.40. The number of para-hydroxylation sites is 2. The van der Waals surface area contributed by atoms with E-state index < -0.39 is 17.9 Å². The van der Waals surface area contributed by atoms with Gasteiger partial charge in [0.2, 0.25) is 5.91 Å². The Balaban J connectivity index is 1.76. The third kappa shape index (κ3) is 3.82. The van der Waals surface area contributed by atoms with Gasteiger partial charge in [0.1, 0.15) is 6.04 Å². The van der Waals surface area contributed by atoms with Crippen LogP contribution in [0.4, 0.5) is 0 Å². The maximum Gasteiger partial charge on any atom is 0.251 e. The van der Waals surface area contributed by atoms with Gasteiger partial charge in [-0.15, -0.1) is 0 Å². The minimum absolute atomic E-state index is 0.134. The van der Waals surface area contributed by atoms with Crippen molar-refractivity contribution < 1.29 is 9.59 Å². The van der Waals surface area contributed by atoms with Crippen molar-refractivity contribution in [2.24, 2.45) is 5.73 Å². The minimum Gasteiger partial charge on any atom is -0.368 e. The number of hydrogen-bond donors (Lipinski definition) is 2. The number of nitrogens with two attached hydrogens (primary N) is 1. The van der Waals surface area contributed by atoms with Crippen molar-refractivity contribution in [3.8, 4) is 6.07 Å². The van der Waals surface area contributed by atoms with Gasteiger partial charge < -0.3 is 11.1 Å². The lowest BCUT2D eigenvalue weighted by atomic mass is 10.1. The molecule has 0 aliphatic carbocycles. The number of carbonyl (C=O) groups is 2. The summed E-state index contributed by atoms with van der Waals surface area (Å²) in [7, 11) is 0. The number of nitriles is 1. The highest BCUT2D eigenvalue weighted by atomic mass is 16.2. The first kappa shape index (κ1) is 17.0. The van der Waals surface area contributed by atoms with Crippen LogP contribution in [0, 0.1) is 11.3 Å². The minimum atomic E-state index is -0.923. The molecule has 2 amide bonds. The van der Waals surface area contributed by atoms with Crippen molar-refractivity contribution in [2.75, 3.05) is 0 Å². The first-order valence-corrected chi connectivity index (χ1v) is 7.88. The summed E-state index contributed by atoms with van der Waals surface area (Å²) >= 11 is 0. The predicted octanol–water partition coefficient (Wildman–Crippen LogP) is 1.33. The Bertz CT molecular complexity index is 1010. The molecule has 0 aliphatic heterocycles. The number of hydrogen-bond acceptors (Lipinski definition) is 5. The first-order chi connectivity index (χ1) is 12.6. The zero-order chi connectivity index (χ0) is 18.5. The quantitative estimate of drug-likeness (QED) is 0.722. The van der Waals surface area contributed by atoms with Crippen LogP contribution in [0.1, 0.15) is 21.6 Å². The number of nitrogens with one attached hydrogen (secondary N) is 1. The Labute approximate surface area is 149 Å². The molecule has 0 spiro atoms. The Morgan fingerprint density at radius 2 is 1.81 bits per heavy atom. The lowest BCUT2D eigenvalue weighted by molar-refractivity contribution is -0.119. The smallest absolute Gasteiger partial charge is 0.251 e. The maximum atomic E-state index is 12.3. The fourth-order valence-electron chi connectivity index (χ4n) is 2.46. The molecule has 3 N–H and O–H groups in total. The molecule has 0 fully saturated rings. The van der Waals surface area contributed by atoms with Crippen LogP contribution in [0.5, 0.6) is 0 Å². The van der Waals surface area contributed by atoms with Gasteiger partial charge in [-0.2, -0.15) is 5.26 Å². The topological polar surface area (TPSA) is 122 Å². The van der Waals surface area contributed by atoms with E-state index in [1.54, 1.807) is 6.20 Å². The third-order valence-corrected chi connectivity index (χ3v) is 3.84. The van der Waals surface area contributed by atoms with Gasteiger partial charge >= 0.3 is 0 Å². The summed E-state index contributed by atoms with van der Waals surface area (Å²) in [5.74, 6) is -1.12. The van der Waals surface area contributed by atoms with E-state index in [9.17, 15) is 9.59 Å². The Hall–Kier alpha value is -3.79. The van der Waals surface area contributed by atoms with Crippen molar-refractivity contribution in [1.29, 1.82) is 5.26 Å². The van der Waals surface area contributed by atoms with Crippen LogP contribution in [0.15, 0.2) is 54.7 Å². The van der Waals surface area contributed by atoms with Crippen molar-refractivity contribution in [3.63, 3.8) is 0 Å². The van der Waals surface area contributed by atoms with Gasteiger partial charge in [-0.3, -0.25) is 14.6 Å². The fourth-order valence-corrected chi connectivity index (χ4v) is 2.46. The highest BCUT2D eigenvalue weighted by molar-refractivity contribution is 5.97. The van der Waals surface area contributed by atoms with E-state index in [-0.39, 0.29) is 6.42 Å². The fraction of sp³-hybridized carbons (Fsp3) is 0.105. The standard InChI is InChI=1S/C19H15N5O2/c20-10-12-5-7-13(8-6-12)19(26)24-17(18(21)25)9-14-11-22-15-3-1-2-4-16(15)23-14/h1-8,11,17H,9H2,(H2,21,25)(H,24,26)/t17-/m1/s1. The summed E-state index contributed by atoms with van der Waals surface area (Å²) in [5, 5.41) is 11.4. The molecule has 0 bridgehead atoms. The number of nitrogens with zero attached hydrogens (tertiary/aromatic N) is 3. The van der Waals surface area contributed by atoms with Crippen LogP contribution in [0.2, 0.25) is 0 Å². The van der Waals surface area contributed by atoms with Crippen molar-refractivity contribution in [3.05, 3.63) is 71.5 Å². The van der Waals surface area contributed by atoms with Crippen LogP contribution in [0.3, 0.4) is 0 Å². The molecule has 3 rings (SSSR count). The molecular weight excluding hydrogens is 330 g/mol. The van der Waals surface area contributed by atoms with Crippen molar-refractivity contribution in [2.45, 2.75) is 12.5 Å². The van der Waals surface area contributed by atoms with Gasteiger partial charge in [-0.05, 0) is 36.4 Å². The normalized spacial score (nSPS) is 11.5. The van der Waals surface area contributed by atoms with Crippen molar-refractivity contribution in [1.82, 2.24) is 15.3 Å². The lowest BCUT2D eigenvalue weighted by Crippen LogP contribution is -2.46. The summed E-state index contributed by atoms with van der Waals surface area (Å²) in [6.45, 7) is 0. The van der Waals surface area contributed by atoms with Gasteiger partial charge in [0.05, 0.1) is 28.4 Å². The molecule has 0 saturated heterocycles. The zero-order valence-corrected chi connectivity index (χ0v) is 13.7. The lowest BCUT2D eigenvalue weighted by Gasteiger charge is -2.15. The van der Waals surface area contributed by atoms with E-state index in [0.717, 1.165) is 5.52 Å². The van der Waals surface area contributed by atoms with Gasteiger partial charge in [0.25, 0.3) is 5.91 Å². The molecule has 0 radical (unpaired) electrons. The average Bonchev–Trinajstić information content (AvgIpc) is 2.67. The summed E-state index contributed by atoms with van der Waals surface area (Å²) in [5.41, 5.74) is 8.19. The molecule has 0 aliphatic rings. The monoisotopic (exact) mass is 345 g/mol. The third-order valence-electron chi connectivity index (χ3n) is 3.84. The number of benzene rings is 2. The van der Waals surface area contributed by atoms with Crippen LogP contribution in [-0.2, 0) is 11.2 Å². The molecule has 3 aromatic rings. The average molecular weight is 345 g/mol. The Kier molecular flexibility index (Phi) is 4.85. The molecule has 2 aromatic carbocycles. The summed E-state index contributed by atoms with van der Waals surface area (Å²) in [4.78, 5) is 32.8. The van der Waals surface area contributed by atoms with Crippen LogP contribution >= 0.6 is 0 Å². The van der Waals surface area contributed by atoms with E-state index in [4.69, 9.17) is 11.0 Å². The van der Waals surface area contributed by atoms with E-state index in [2.05, 4.69) is 15.3 Å². The summed E-state index contributed by atoms with van der Waals surface area (Å²) < 4.78 is 0. The van der Waals surface area contributed by atoms with Crippen LogP contribution in [0.25, 0.3) is 11.0 Å². The maximum absolute atomic E-state index is 12.3. The molecule has 7 heteroatoms.